The summed E-state index contributed by atoms with van der Waals surface area (Å²) in [6, 6.07) is 0. The fourth-order valence-corrected chi connectivity index (χ4v) is 7.01. The van der Waals surface area contributed by atoms with Gasteiger partial charge in [-0.1, -0.05) is 19.9 Å². The van der Waals surface area contributed by atoms with Crippen LogP contribution in [0.3, 0.4) is 0 Å². The van der Waals surface area contributed by atoms with E-state index >= 15 is 0 Å². The van der Waals surface area contributed by atoms with E-state index in [1.807, 2.05) is 20.8 Å². The number of fused-ring (bicyclic) bond motifs is 1. The Balaban J connectivity index is 2.72. The Morgan fingerprint density at radius 1 is 1.00 bits per heavy atom. The van der Waals surface area contributed by atoms with Crippen molar-refractivity contribution in [2.75, 3.05) is 6.61 Å². The molecule has 2 aliphatic rings. The molecule has 2 aliphatic carbocycles. The van der Waals surface area contributed by atoms with E-state index in [1.165, 1.54) is 40.7 Å². The maximum Gasteiger partial charge on any atom is 0.303 e. The fraction of sp³-hybridized carbons (Fsp3) is 0.786. The van der Waals surface area contributed by atoms with Crippen molar-refractivity contribution in [3.8, 4) is 0 Å². The Morgan fingerprint density at radius 2 is 1.62 bits per heavy atom. The van der Waals surface area contributed by atoms with Gasteiger partial charge in [0.05, 0.1) is 6.61 Å². The lowest BCUT2D eigenvalue weighted by Gasteiger charge is -2.64. The summed E-state index contributed by atoms with van der Waals surface area (Å²) in [6.07, 6.45) is 2.25. The summed E-state index contributed by atoms with van der Waals surface area (Å²) < 4.78 is 23.0. The molecule has 0 aromatic rings. The zero-order chi connectivity index (χ0) is 28.4. The average Bonchev–Trinajstić information content (AvgIpc) is 2.74. The maximum absolute atomic E-state index is 12.3. The molecule has 0 saturated heterocycles. The van der Waals surface area contributed by atoms with E-state index in [-0.39, 0.29) is 31.0 Å². The maximum atomic E-state index is 12.3. The Morgan fingerprint density at radius 3 is 2.11 bits per heavy atom. The molecule has 1 N–H and O–H groups in total. The molecule has 2 fully saturated rings. The fourth-order valence-electron chi connectivity index (χ4n) is 7.01. The van der Waals surface area contributed by atoms with Crippen LogP contribution in [-0.4, -0.2) is 59.0 Å². The highest BCUT2D eigenvalue weighted by Crippen LogP contribution is 2.64. The van der Waals surface area contributed by atoms with Crippen molar-refractivity contribution in [2.24, 2.45) is 22.7 Å². The molecule has 2 saturated carbocycles. The number of carbonyl (C=O) groups is 4. The van der Waals surface area contributed by atoms with Gasteiger partial charge in [-0.05, 0) is 51.9 Å². The molecular formula is C28H44O9. The Bertz CT molecular complexity index is 907. The normalized spacial score (nSPS) is 33.1. The van der Waals surface area contributed by atoms with E-state index in [1.54, 1.807) is 0 Å². The zero-order valence-corrected chi connectivity index (χ0v) is 23.5. The van der Waals surface area contributed by atoms with E-state index in [0.29, 0.717) is 25.7 Å². The van der Waals surface area contributed by atoms with Crippen LogP contribution in [-0.2, 0) is 38.1 Å². The van der Waals surface area contributed by atoms with Crippen LogP contribution in [0.4, 0.5) is 0 Å². The van der Waals surface area contributed by atoms with E-state index < -0.39 is 52.0 Å². The van der Waals surface area contributed by atoms with Gasteiger partial charge in [-0.3, -0.25) is 19.2 Å². The number of esters is 4. The Kier molecular flexibility index (Phi) is 9.27. The third kappa shape index (κ3) is 6.54. The topological polar surface area (TPSA) is 125 Å². The third-order valence-corrected chi connectivity index (χ3v) is 8.71. The standard InChI is InChI=1S/C28H44O9/c1-10-26(8,33)24(36-19(4)31)15-22-27(9,37-20(5)32)13-11-21-25(6,7)23(35-18(3)30)12-14-28(21,22)16-34-17(2)29/h10,21-24,33H,1,11-16H2,2-9H3. The summed E-state index contributed by atoms with van der Waals surface area (Å²) in [7, 11) is 0. The minimum Gasteiger partial charge on any atom is -0.465 e. The summed E-state index contributed by atoms with van der Waals surface area (Å²) >= 11 is 0. The van der Waals surface area contributed by atoms with Crippen molar-refractivity contribution in [1.82, 2.24) is 0 Å². The van der Waals surface area contributed by atoms with Gasteiger partial charge < -0.3 is 24.1 Å². The first kappa shape index (κ1) is 30.8. The predicted octanol–water partition coefficient (Wildman–Crippen LogP) is 3.89. The highest BCUT2D eigenvalue weighted by molar-refractivity contribution is 5.67. The number of carbonyl (C=O) groups excluding carboxylic acids is 4. The number of hydrogen-bond donors (Lipinski definition) is 1. The van der Waals surface area contributed by atoms with Crippen LogP contribution in [0.15, 0.2) is 12.7 Å². The molecule has 0 radical (unpaired) electrons. The second-order valence-corrected chi connectivity index (χ2v) is 11.8. The molecule has 0 aromatic heterocycles. The van der Waals surface area contributed by atoms with Crippen LogP contribution in [0.25, 0.3) is 0 Å². The molecule has 0 spiro atoms. The molecular weight excluding hydrogens is 480 g/mol. The SMILES string of the molecule is C=CC(C)(O)C(CC1C(C)(OC(C)=O)CCC2C(C)(C)C(OC(C)=O)CCC12COC(C)=O)OC(C)=O. The molecule has 37 heavy (non-hydrogen) atoms. The van der Waals surface area contributed by atoms with E-state index in [9.17, 15) is 24.3 Å². The molecule has 9 heteroatoms. The molecule has 0 aromatic carbocycles. The average molecular weight is 525 g/mol. The lowest BCUT2D eigenvalue weighted by molar-refractivity contribution is -0.242. The molecule has 9 nitrogen and oxygen atoms in total. The molecule has 0 bridgehead atoms. The lowest BCUT2D eigenvalue weighted by atomic mass is 9.43. The van der Waals surface area contributed by atoms with Gasteiger partial charge in [-0.2, -0.15) is 0 Å². The van der Waals surface area contributed by atoms with Gasteiger partial charge in [0.2, 0.25) is 0 Å². The first-order chi connectivity index (χ1) is 16.9. The van der Waals surface area contributed by atoms with E-state index in [0.717, 1.165) is 0 Å². The third-order valence-electron chi connectivity index (χ3n) is 8.71. The predicted molar refractivity (Wildman–Crippen MR) is 135 cm³/mol. The highest BCUT2D eigenvalue weighted by atomic mass is 16.6. The molecule has 2 rings (SSSR count). The van der Waals surface area contributed by atoms with Gasteiger partial charge in [0.25, 0.3) is 0 Å². The van der Waals surface area contributed by atoms with E-state index in [4.69, 9.17) is 18.9 Å². The highest BCUT2D eigenvalue weighted by Gasteiger charge is 2.65. The molecule has 210 valence electrons. The van der Waals surface area contributed by atoms with Crippen molar-refractivity contribution < 1.29 is 43.2 Å². The first-order valence-electron chi connectivity index (χ1n) is 12.9. The van der Waals surface area contributed by atoms with Gasteiger partial charge in [0.1, 0.15) is 23.4 Å². The van der Waals surface area contributed by atoms with Gasteiger partial charge >= 0.3 is 23.9 Å². The van der Waals surface area contributed by atoms with Gasteiger partial charge in [0.15, 0.2) is 0 Å². The molecule has 7 unspecified atom stereocenters. The number of rotatable bonds is 9. The van der Waals surface area contributed by atoms with Crippen LogP contribution < -0.4 is 0 Å². The van der Waals surface area contributed by atoms with Gasteiger partial charge in [0, 0.05) is 44.4 Å². The largest absolute Gasteiger partial charge is 0.465 e. The van der Waals surface area contributed by atoms with Crippen molar-refractivity contribution in [1.29, 1.82) is 0 Å². The summed E-state index contributed by atoms with van der Waals surface area (Å²) in [6.45, 7) is 16.6. The van der Waals surface area contributed by atoms with Crippen LogP contribution in [0.2, 0.25) is 0 Å². The van der Waals surface area contributed by atoms with Gasteiger partial charge in [-0.25, -0.2) is 0 Å². The quantitative estimate of drug-likeness (QED) is 0.271. The van der Waals surface area contributed by atoms with Crippen molar-refractivity contribution >= 4 is 23.9 Å². The van der Waals surface area contributed by atoms with Crippen molar-refractivity contribution in [2.45, 2.75) is 111 Å². The smallest absolute Gasteiger partial charge is 0.303 e. The minimum atomic E-state index is -1.57. The molecule has 0 amide bonds. The van der Waals surface area contributed by atoms with Crippen LogP contribution >= 0.6 is 0 Å². The van der Waals surface area contributed by atoms with Crippen LogP contribution in [0.5, 0.6) is 0 Å². The molecule has 0 aliphatic heterocycles. The second-order valence-electron chi connectivity index (χ2n) is 11.8. The zero-order valence-electron chi connectivity index (χ0n) is 23.5. The van der Waals surface area contributed by atoms with Crippen molar-refractivity contribution in [3.63, 3.8) is 0 Å². The number of ether oxygens (including phenoxy) is 4. The van der Waals surface area contributed by atoms with Gasteiger partial charge in [-0.15, -0.1) is 6.58 Å². The summed E-state index contributed by atoms with van der Waals surface area (Å²) in [5, 5.41) is 11.1. The number of hydrogen-bond acceptors (Lipinski definition) is 9. The van der Waals surface area contributed by atoms with Crippen LogP contribution in [0, 0.1) is 22.7 Å². The minimum absolute atomic E-state index is 0.0494. The van der Waals surface area contributed by atoms with E-state index in [2.05, 4.69) is 6.58 Å². The van der Waals surface area contributed by atoms with Crippen molar-refractivity contribution in [3.05, 3.63) is 12.7 Å². The number of aliphatic hydroxyl groups is 1. The Hall–Kier alpha value is -2.42. The monoisotopic (exact) mass is 524 g/mol. The first-order valence-corrected chi connectivity index (χ1v) is 12.9. The summed E-state index contributed by atoms with van der Waals surface area (Å²) in [4.78, 5) is 48.3. The van der Waals surface area contributed by atoms with Crippen LogP contribution in [0.1, 0.15) is 87.5 Å². The molecule has 0 heterocycles. The lowest BCUT2D eigenvalue weighted by Crippen LogP contribution is -2.65. The molecule has 7 atom stereocenters. The summed E-state index contributed by atoms with van der Waals surface area (Å²) in [5.74, 6) is -2.41. The second kappa shape index (κ2) is 11.1. The Labute approximate surface area is 220 Å². The summed E-state index contributed by atoms with van der Waals surface area (Å²) in [5.41, 5.74) is -3.78.